The van der Waals surface area contributed by atoms with E-state index in [4.69, 9.17) is 14.5 Å². The van der Waals surface area contributed by atoms with Crippen molar-refractivity contribution < 1.29 is 9.47 Å². The molecule has 0 spiro atoms. The van der Waals surface area contributed by atoms with Crippen LogP contribution in [0, 0.1) is 11.8 Å². The summed E-state index contributed by atoms with van der Waals surface area (Å²) < 4.78 is 11.2. The van der Waals surface area contributed by atoms with E-state index in [0.717, 1.165) is 76.0 Å². The van der Waals surface area contributed by atoms with Crippen LogP contribution in [0.15, 0.2) is 29.3 Å². The SMILES string of the molecule is CCNC(=NCC1C2CCc3ccccc3C21)NCCCOC1CCOC1. The number of ether oxygens (including phenoxy) is 2. The number of hydrogen-bond donors (Lipinski definition) is 2. The first-order valence-corrected chi connectivity index (χ1v) is 10.7. The molecule has 1 saturated heterocycles. The molecule has 4 rings (SSSR count). The van der Waals surface area contributed by atoms with Crippen LogP contribution < -0.4 is 10.6 Å². The second kappa shape index (κ2) is 9.07. The minimum absolute atomic E-state index is 0.299. The first-order valence-electron chi connectivity index (χ1n) is 10.7. The molecule has 1 aromatic carbocycles. The van der Waals surface area contributed by atoms with Crippen molar-refractivity contribution in [3.05, 3.63) is 35.4 Å². The fourth-order valence-electron chi connectivity index (χ4n) is 4.67. The Balaban J connectivity index is 1.21. The Hall–Kier alpha value is -1.59. The van der Waals surface area contributed by atoms with E-state index in [-0.39, 0.29) is 0 Å². The highest BCUT2D eigenvalue weighted by Crippen LogP contribution is 2.59. The minimum atomic E-state index is 0.299. The van der Waals surface area contributed by atoms with Crippen molar-refractivity contribution in [2.45, 2.75) is 44.6 Å². The number of nitrogens with one attached hydrogen (secondary N) is 2. The molecule has 0 radical (unpaired) electrons. The van der Waals surface area contributed by atoms with Gasteiger partial charge in [0.05, 0.1) is 12.7 Å². The zero-order chi connectivity index (χ0) is 18.5. The highest BCUT2D eigenvalue weighted by Gasteiger charge is 2.52. The van der Waals surface area contributed by atoms with Crippen LogP contribution in [0.25, 0.3) is 0 Å². The van der Waals surface area contributed by atoms with Crippen molar-refractivity contribution in [1.29, 1.82) is 0 Å². The number of rotatable bonds is 8. The Morgan fingerprint density at radius 1 is 1.26 bits per heavy atom. The third kappa shape index (κ3) is 4.64. The molecule has 0 bridgehead atoms. The lowest BCUT2D eigenvalue weighted by Crippen LogP contribution is -2.38. The Morgan fingerprint density at radius 3 is 3.04 bits per heavy atom. The predicted molar refractivity (Wildman–Crippen MR) is 108 cm³/mol. The summed E-state index contributed by atoms with van der Waals surface area (Å²) >= 11 is 0. The van der Waals surface area contributed by atoms with Gasteiger partial charge in [-0.05, 0) is 61.5 Å². The lowest BCUT2D eigenvalue weighted by molar-refractivity contribution is 0.0420. The molecule has 0 amide bonds. The van der Waals surface area contributed by atoms with E-state index in [9.17, 15) is 0 Å². The number of fused-ring (bicyclic) bond motifs is 3. The molecule has 2 aliphatic carbocycles. The van der Waals surface area contributed by atoms with Gasteiger partial charge in [0, 0.05) is 32.8 Å². The quantitative estimate of drug-likeness (QED) is 0.419. The normalized spacial score (nSPS) is 29.1. The second-order valence-corrected chi connectivity index (χ2v) is 7.95. The van der Waals surface area contributed by atoms with E-state index < -0.39 is 0 Å². The van der Waals surface area contributed by atoms with Gasteiger partial charge in [-0.2, -0.15) is 0 Å². The van der Waals surface area contributed by atoms with Crippen molar-refractivity contribution in [1.82, 2.24) is 10.6 Å². The van der Waals surface area contributed by atoms with Crippen LogP contribution in [0.4, 0.5) is 0 Å². The van der Waals surface area contributed by atoms with Crippen LogP contribution in [0.2, 0.25) is 0 Å². The van der Waals surface area contributed by atoms with Gasteiger partial charge in [0.25, 0.3) is 0 Å². The number of aryl methyl sites for hydroxylation is 1. The fourth-order valence-corrected chi connectivity index (χ4v) is 4.67. The van der Waals surface area contributed by atoms with E-state index in [1.165, 1.54) is 12.8 Å². The van der Waals surface area contributed by atoms with Gasteiger partial charge in [0.1, 0.15) is 0 Å². The molecule has 4 unspecified atom stereocenters. The van der Waals surface area contributed by atoms with E-state index in [2.05, 4.69) is 41.8 Å². The van der Waals surface area contributed by atoms with Gasteiger partial charge in [0.2, 0.25) is 0 Å². The molecule has 5 nitrogen and oxygen atoms in total. The van der Waals surface area contributed by atoms with Gasteiger partial charge in [-0.3, -0.25) is 4.99 Å². The maximum absolute atomic E-state index is 5.83. The minimum Gasteiger partial charge on any atom is -0.379 e. The molecule has 1 aromatic rings. The monoisotopic (exact) mass is 371 g/mol. The summed E-state index contributed by atoms with van der Waals surface area (Å²) in [4.78, 5) is 4.88. The topological polar surface area (TPSA) is 54.9 Å². The smallest absolute Gasteiger partial charge is 0.191 e. The van der Waals surface area contributed by atoms with Crippen LogP contribution in [0.1, 0.15) is 43.2 Å². The molecule has 3 aliphatic rings. The molecule has 148 valence electrons. The number of guanidine groups is 1. The highest BCUT2D eigenvalue weighted by atomic mass is 16.5. The number of benzene rings is 1. The van der Waals surface area contributed by atoms with Crippen molar-refractivity contribution in [3.8, 4) is 0 Å². The maximum atomic E-state index is 5.83. The number of nitrogens with zero attached hydrogens (tertiary/aromatic N) is 1. The lowest BCUT2D eigenvalue weighted by Gasteiger charge is -2.13. The summed E-state index contributed by atoms with van der Waals surface area (Å²) in [7, 11) is 0. The van der Waals surface area contributed by atoms with Crippen molar-refractivity contribution in [2.24, 2.45) is 16.8 Å². The summed E-state index contributed by atoms with van der Waals surface area (Å²) in [5, 5.41) is 6.83. The molecule has 27 heavy (non-hydrogen) atoms. The summed E-state index contributed by atoms with van der Waals surface area (Å²) in [6, 6.07) is 8.99. The zero-order valence-electron chi connectivity index (χ0n) is 16.5. The van der Waals surface area contributed by atoms with E-state index in [0.29, 0.717) is 6.10 Å². The Kier molecular flexibility index (Phi) is 6.30. The zero-order valence-corrected chi connectivity index (χ0v) is 16.5. The molecule has 5 heteroatoms. The summed E-state index contributed by atoms with van der Waals surface area (Å²) in [5.41, 5.74) is 3.14. The van der Waals surface area contributed by atoms with Gasteiger partial charge in [-0.25, -0.2) is 0 Å². The summed E-state index contributed by atoms with van der Waals surface area (Å²) in [6.07, 6.45) is 4.89. The molecular formula is C22H33N3O2. The van der Waals surface area contributed by atoms with Crippen molar-refractivity contribution in [2.75, 3.05) is 39.5 Å². The first-order chi connectivity index (χ1) is 13.4. The Bertz CT molecular complexity index is 642. The van der Waals surface area contributed by atoms with Gasteiger partial charge < -0.3 is 20.1 Å². The molecular weight excluding hydrogens is 338 g/mol. The average molecular weight is 372 g/mol. The second-order valence-electron chi connectivity index (χ2n) is 7.95. The van der Waals surface area contributed by atoms with E-state index in [1.54, 1.807) is 11.1 Å². The first kappa shape index (κ1) is 18.8. The average Bonchev–Trinajstić information content (AvgIpc) is 3.16. The molecule has 2 fully saturated rings. The van der Waals surface area contributed by atoms with Crippen LogP contribution >= 0.6 is 0 Å². The lowest BCUT2D eigenvalue weighted by atomic mass is 9.92. The van der Waals surface area contributed by atoms with Crippen molar-refractivity contribution in [3.63, 3.8) is 0 Å². The predicted octanol–water partition coefficient (Wildman–Crippen LogP) is 2.71. The van der Waals surface area contributed by atoms with E-state index >= 15 is 0 Å². The Morgan fingerprint density at radius 2 is 2.19 bits per heavy atom. The molecule has 0 aromatic heterocycles. The van der Waals surface area contributed by atoms with Gasteiger partial charge in [0.15, 0.2) is 5.96 Å². The van der Waals surface area contributed by atoms with Gasteiger partial charge in [-0.15, -0.1) is 0 Å². The molecule has 1 heterocycles. The third-order valence-corrected chi connectivity index (χ3v) is 6.15. The van der Waals surface area contributed by atoms with Gasteiger partial charge in [-0.1, -0.05) is 24.3 Å². The van der Waals surface area contributed by atoms with Crippen LogP contribution in [0.3, 0.4) is 0 Å². The van der Waals surface area contributed by atoms with Crippen LogP contribution in [-0.4, -0.2) is 51.5 Å². The molecule has 4 atom stereocenters. The standard InChI is InChI=1S/C22H33N3O2/c1-2-23-22(24-11-5-12-27-17-10-13-26-15-17)25-14-20-19-9-8-16-6-3-4-7-18(16)21(19)20/h3-4,6-7,17,19-21H,2,5,8-15H2,1H3,(H2,23,24,25). The summed E-state index contributed by atoms with van der Waals surface area (Å²) in [5.74, 6) is 3.24. The van der Waals surface area contributed by atoms with E-state index in [1.807, 2.05) is 0 Å². The Labute approximate surface area is 162 Å². The maximum Gasteiger partial charge on any atom is 0.191 e. The van der Waals surface area contributed by atoms with Crippen LogP contribution in [-0.2, 0) is 15.9 Å². The molecule has 2 N–H and O–H groups in total. The number of hydrogen-bond acceptors (Lipinski definition) is 3. The summed E-state index contributed by atoms with van der Waals surface area (Å²) in [6.45, 7) is 7.20. The highest BCUT2D eigenvalue weighted by molar-refractivity contribution is 5.79. The van der Waals surface area contributed by atoms with Crippen molar-refractivity contribution >= 4 is 5.96 Å². The van der Waals surface area contributed by atoms with Gasteiger partial charge >= 0.3 is 0 Å². The molecule has 1 saturated carbocycles. The fraction of sp³-hybridized carbons (Fsp3) is 0.682. The number of aliphatic imine (C=N–C) groups is 1. The van der Waals surface area contributed by atoms with Crippen LogP contribution in [0.5, 0.6) is 0 Å². The largest absolute Gasteiger partial charge is 0.379 e. The molecule has 1 aliphatic heterocycles. The third-order valence-electron chi connectivity index (χ3n) is 6.15.